The first kappa shape index (κ1) is 15.1. The summed E-state index contributed by atoms with van der Waals surface area (Å²) in [5, 5.41) is 3.39. The van der Waals surface area contributed by atoms with Crippen molar-refractivity contribution in [3.05, 3.63) is 35.4 Å². The molecule has 1 aromatic carbocycles. The molecule has 1 saturated heterocycles. The molecule has 2 atom stereocenters. The van der Waals surface area contributed by atoms with Crippen LogP contribution in [0.4, 0.5) is 0 Å². The van der Waals surface area contributed by atoms with Gasteiger partial charge in [-0.05, 0) is 62.4 Å². The van der Waals surface area contributed by atoms with E-state index in [-0.39, 0.29) is 0 Å². The maximum absolute atomic E-state index is 3.39. The first-order valence-corrected chi connectivity index (χ1v) is 8.89. The van der Waals surface area contributed by atoms with Gasteiger partial charge >= 0.3 is 0 Å². The molecular weight excluding hydrogens is 256 g/mol. The van der Waals surface area contributed by atoms with Crippen LogP contribution in [0.1, 0.15) is 50.2 Å². The van der Waals surface area contributed by atoms with Crippen molar-refractivity contribution < 1.29 is 0 Å². The summed E-state index contributed by atoms with van der Waals surface area (Å²) in [5.74, 6) is 0.998. The highest BCUT2D eigenvalue weighted by Gasteiger charge is 2.35. The molecule has 0 radical (unpaired) electrons. The van der Waals surface area contributed by atoms with E-state index in [2.05, 4.69) is 41.4 Å². The van der Waals surface area contributed by atoms with Gasteiger partial charge in [0.25, 0.3) is 0 Å². The van der Waals surface area contributed by atoms with Gasteiger partial charge in [-0.25, -0.2) is 0 Å². The summed E-state index contributed by atoms with van der Waals surface area (Å²) in [6.07, 6.45) is 8.40. The maximum atomic E-state index is 3.39. The van der Waals surface area contributed by atoms with Crippen molar-refractivity contribution in [3.8, 4) is 0 Å². The number of nitrogens with one attached hydrogen (secondary N) is 1. The summed E-state index contributed by atoms with van der Waals surface area (Å²) in [6.45, 7) is 6.80. The molecule has 0 aromatic heterocycles. The van der Waals surface area contributed by atoms with Crippen molar-refractivity contribution in [1.29, 1.82) is 0 Å². The van der Waals surface area contributed by atoms with Crippen molar-refractivity contribution >= 4 is 0 Å². The van der Waals surface area contributed by atoms with Gasteiger partial charge < -0.3 is 5.32 Å². The Labute approximate surface area is 129 Å². The van der Waals surface area contributed by atoms with Crippen molar-refractivity contribution in [2.75, 3.05) is 19.6 Å². The Bertz CT molecular complexity index is 426. The second-order valence-electron chi connectivity index (χ2n) is 6.79. The van der Waals surface area contributed by atoms with Crippen LogP contribution < -0.4 is 5.32 Å². The Hall–Kier alpha value is -0.860. The summed E-state index contributed by atoms with van der Waals surface area (Å²) >= 11 is 0. The minimum atomic E-state index is 0.882. The summed E-state index contributed by atoms with van der Waals surface area (Å²) < 4.78 is 0. The highest BCUT2D eigenvalue weighted by atomic mass is 15.2. The lowest BCUT2D eigenvalue weighted by Crippen LogP contribution is -2.34. The average molecular weight is 286 g/mol. The van der Waals surface area contributed by atoms with Gasteiger partial charge in [0.2, 0.25) is 0 Å². The number of likely N-dealkylation sites (N-methyl/N-ethyl adjacent to an activating group) is 1. The normalized spacial score (nSPS) is 26.0. The van der Waals surface area contributed by atoms with Gasteiger partial charge in [-0.15, -0.1) is 0 Å². The van der Waals surface area contributed by atoms with Crippen molar-refractivity contribution in [2.24, 2.45) is 5.92 Å². The summed E-state index contributed by atoms with van der Waals surface area (Å²) in [7, 11) is 0. The van der Waals surface area contributed by atoms with Crippen LogP contribution in [-0.4, -0.2) is 30.6 Å². The van der Waals surface area contributed by atoms with Gasteiger partial charge in [0.05, 0.1) is 0 Å². The molecule has 1 aliphatic heterocycles. The molecule has 1 N–H and O–H groups in total. The van der Waals surface area contributed by atoms with E-state index in [1.165, 1.54) is 49.8 Å². The monoisotopic (exact) mass is 286 g/mol. The van der Waals surface area contributed by atoms with Crippen LogP contribution in [0.3, 0.4) is 0 Å². The first-order chi connectivity index (χ1) is 10.4. The molecule has 0 bridgehead atoms. The molecule has 0 amide bonds. The van der Waals surface area contributed by atoms with E-state index in [1.807, 2.05) is 0 Å². The molecule has 1 heterocycles. The molecule has 2 heteroatoms. The topological polar surface area (TPSA) is 15.3 Å². The summed E-state index contributed by atoms with van der Waals surface area (Å²) in [5.41, 5.74) is 2.95. The van der Waals surface area contributed by atoms with Crippen LogP contribution in [0.25, 0.3) is 0 Å². The lowest BCUT2D eigenvalue weighted by molar-refractivity contribution is 0.176. The Balaban J connectivity index is 1.53. The average Bonchev–Trinajstić information content (AvgIpc) is 2.93. The molecule has 1 aromatic rings. The minimum Gasteiger partial charge on any atom is -0.317 e. The van der Waals surface area contributed by atoms with Crippen LogP contribution in [-0.2, 0) is 13.0 Å². The molecule has 2 aliphatic rings. The van der Waals surface area contributed by atoms with Crippen LogP contribution in [0.15, 0.2) is 24.3 Å². The zero-order valence-electron chi connectivity index (χ0n) is 13.5. The Morgan fingerprint density at radius 1 is 1.05 bits per heavy atom. The van der Waals surface area contributed by atoms with Crippen LogP contribution >= 0.6 is 0 Å². The third-order valence-corrected chi connectivity index (χ3v) is 5.37. The largest absolute Gasteiger partial charge is 0.317 e. The van der Waals surface area contributed by atoms with Crippen LogP contribution in [0.5, 0.6) is 0 Å². The van der Waals surface area contributed by atoms with E-state index in [1.54, 1.807) is 0 Å². The molecular formula is C19H30N2. The molecule has 116 valence electrons. The molecule has 2 nitrogen and oxygen atoms in total. The van der Waals surface area contributed by atoms with E-state index in [0.29, 0.717) is 0 Å². The lowest BCUT2D eigenvalue weighted by atomic mass is 9.85. The second-order valence-corrected chi connectivity index (χ2v) is 6.79. The SMILES string of the molecule is CCNCCc1ccc(CN2CCC3CCCCC32)cc1. The highest BCUT2D eigenvalue weighted by Crippen LogP contribution is 2.36. The number of likely N-dealkylation sites (tertiary alicyclic amines) is 1. The number of hydrogen-bond acceptors (Lipinski definition) is 2. The van der Waals surface area contributed by atoms with Gasteiger partial charge in [-0.2, -0.15) is 0 Å². The Morgan fingerprint density at radius 2 is 1.81 bits per heavy atom. The predicted molar refractivity (Wildman–Crippen MR) is 89.5 cm³/mol. The van der Waals surface area contributed by atoms with E-state index >= 15 is 0 Å². The third-order valence-electron chi connectivity index (χ3n) is 5.37. The summed E-state index contributed by atoms with van der Waals surface area (Å²) in [4.78, 5) is 2.75. The quantitative estimate of drug-likeness (QED) is 0.804. The van der Waals surface area contributed by atoms with E-state index in [9.17, 15) is 0 Å². The molecule has 2 fully saturated rings. The third kappa shape index (κ3) is 3.87. The number of benzene rings is 1. The fourth-order valence-electron chi connectivity index (χ4n) is 4.15. The van der Waals surface area contributed by atoms with Crippen molar-refractivity contribution in [1.82, 2.24) is 10.2 Å². The molecule has 2 unspecified atom stereocenters. The van der Waals surface area contributed by atoms with Crippen LogP contribution in [0, 0.1) is 5.92 Å². The molecule has 0 spiro atoms. The van der Waals surface area contributed by atoms with Crippen molar-refractivity contribution in [2.45, 2.75) is 58.0 Å². The first-order valence-electron chi connectivity index (χ1n) is 8.89. The number of hydrogen-bond donors (Lipinski definition) is 1. The second kappa shape index (κ2) is 7.42. The molecule has 21 heavy (non-hydrogen) atoms. The van der Waals surface area contributed by atoms with E-state index < -0.39 is 0 Å². The number of fused-ring (bicyclic) bond motifs is 1. The van der Waals surface area contributed by atoms with Gasteiger partial charge in [-0.1, -0.05) is 44.0 Å². The van der Waals surface area contributed by atoms with Gasteiger partial charge in [-0.3, -0.25) is 4.90 Å². The number of rotatable bonds is 6. The van der Waals surface area contributed by atoms with Crippen molar-refractivity contribution in [3.63, 3.8) is 0 Å². The fraction of sp³-hybridized carbons (Fsp3) is 0.684. The smallest absolute Gasteiger partial charge is 0.0236 e. The molecule has 3 rings (SSSR count). The lowest BCUT2D eigenvalue weighted by Gasteiger charge is -2.31. The predicted octanol–water partition coefficient (Wildman–Crippen LogP) is 3.60. The fourth-order valence-corrected chi connectivity index (χ4v) is 4.15. The molecule has 1 saturated carbocycles. The zero-order chi connectivity index (χ0) is 14.5. The van der Waals surface area contributed by atoms with E-state index in [0.717, 1.165) is 38.0 Å². The standard InChI is InChI=1S/C19H30N2/c1-2-20-13-11-16-7-9-17(10-8-16)15-21-14-12-18-5-3-4-6-19(18)21/h7-10,18-20H,2-6,11-15H2,1H3. The van der Waals surface area contributed by atoms with Gasteiger partial charge in [0.1, 0.15) is 0 Å². The zero-order valence-corrected chi connectivity index (χ0v) is 13.5. The minimum absolute atomic E-state index is 0.882. The Kier molecular flexibility index (Phi) is 5.32. The van der Waals surface area contributed by atoms with Crippen LogP contribution in [0.2, 0.25) is 0 Å². The summed E-state index contributed by atoms with van der Waals surface area (Å²) in [6, 6.07) is 10.2. The maximum Gasteiger partial charge on any atom is 0.0236 e. The molecule has 1 aliphatic carbocycles. The van der Waals surface area contributed by atoms with Gasteiger partial charge in [0, 0.05) is 12.6 Å². The van der Waals surface area contributed by atoms with E-state index in [4.69, 9.17) is 0 Å². The number of nitrogens with zero attached hydrogens (tertiary/aromatic N) is 1. The highest BCUT2D eigenvalue weighted by molar-refractivity contribution is 5.23. The van der Waals surface area contributed by atoms with Gasteiger partial charge in [0.15, 0.2) is 0 Å². The Morgan fingerprint density at radius 3 is 2.62 bits per heavy atom.